The minimum Gasteiger partial charge on any atom is -0.381 e. The molecule has 28 heavy (non-hydrogen) atoms. The van der Waals surface area contributed by atoms with Crippen LogP contribution >= 0.6 is 0 Å². The second-order valence-electron chi connectivity index (χ2n) is 8.56. The number of nitrogens with one attached hydrogen (secondary N) is 2. The van der Waals surface area contributed by atoms with Gasteiger partial charge in [0.1, 0.15) is 5.82 Å². The summed E-state index contributed by atoms with van der Waals surface area (Å²) >= 11 is 0. The number of nitrogens with two attached hydrogens (primary N) is 1. The number of fused-ring (bicyclic) bond motifs is 2. The van der Waals surface area contributed by atoms with Gasteiger partial charge in [0.05, 0.1) is 17.1 Å². The van der Waals surface area contributed by atoms with Crippen LogP contribution in [-0.4, -0.2) is 31.1 Å². The van der Waals surface area contributed by atoms with Gasteiger partial charge in [-0.2, -0.15) is 0 Å². The second kappa shape index (κ2) is 7.44. The standard InChI is InChI=1S/C21H28FN3O3/c1-12-2-4-13(5-3-12)18(23)19(26)24-14-10-15(22)17-16(11-14)25-20(27)21(17)6-8-28-9-7-21/h10-13,18H,2-9,23H2,1H3,(H,24,26)(H,25,27)/t12?,13?,18-/m0/s1. The van der Waals surface area contributed by atoms with Crippen molar-refractivity contribution in [3.05, 3.63) is 23.5 Å². The van der Waals surface area contributed by atoms with Crippen LogP contribution in [0, 0.1) is 17.7 Å². The van der Waals surface area contributed by atoms with Crippen LogP contribution in [0.25, 0.3) is 0 Å². The normalized spacial score (nSPS) is 27.2. The number of amides is 2. The fraction of sp³-hybridized carbons (Fsp3) is 0.619. The number of carbonyl (C=O) groups excluding carboxylic acids is 2. The molecule has 1 saturated carbocycles. The fourth-order valence-electron chi connectivity index (χ4n) is 4.90. The van der Waals surface area contributed by atoms with Gasteiger partial charge in [0.2, 0.25) is 11.8 Å². The average molecular weight is 389 g/mol. The maximum absolute atomic E-state index is 15.0. The second-order valence-corrected chi connectivity index (χ2v) is 8.56. The van der Waals surface area contributed by atoms with Crippen molar-refractivity contribution in [1.82, 2.24) is 0 Å². The van der Waals surface area contributed by atoms with Crippen LogP contribution in [0.3, 0.4) is 0 Å². The van der Waals surface area contributed by atoms with E-state index in [9.17, 15) is 14.0 Å². The van der Waals surface area contributed by atoms with Crippen LogP contribution in [0.1, 0.15) is 51.0 Å². The third kappa shape index (κ3) is 3.31. The Kier molecular flexibility index (Phi) is 5.14. The molecule has 7 heteroatoms. The summed E-state index contributed by atoms with van der Waals surface area (Å²) < 4.78 is 20.3. The highest BCUT2D eigenvalue weighted by Gasteiger charge is 2.49. The van der Waals surface area contributed by atoms with Gasteiger partial charge in [-0.05, 0) is 49.7 Å². The molecule has 4 N–H and O–H groups in total. The Labute approximate surface area is 164 Å². The molecular weight excluding hydrogens is 361 g/mol. The van der Waals surface area contributed by atoms with Crippen LogP contribution in [-0.2, 0) is 19.7 Å². The molecule has 0 bridgehead atoms. The summed E-state index contributed by atoms with van der Waals surface area (Å²) in [7, 11) is 0. The van der Waals surface area contributed by atoms with Crippen molar-refractivity contribution in [3.63, 3.8) is 0 Å². The van der Waals surface area contributed by atoms with E-state index >= 15 is 0 Å². The number of halogens is 1. The van der Waals surface area contributed by atoms with E-state index in [4.69, 9.17) is 10.5 Å². The summed E-state index contributed by atoms with van der Waals surface area (Å²) in [5, 5.41) is 5.54. The number of benzene rings is 1. The maximum Gasteiger partial charge on any atom is 0.241 e. The van der Waals surface area contributed by atoms with Gasteiger partial charge in [-0.3, -0.25) is 9.59 Å². The summed E-state index contributed by atoms with van der Waals surface area (Å²) in [5.74, 6) is -0.141. The average Bonchev–Trinajstić information content (AvgIpc) is 2.93. The van der Waals surface area contributed by atoms with Crippen molar-refractivity contribution in [2.24, 2.45) is 17.6 Å². The zero-order valence-corrected chi connectivity index (χ0v) is 16.2. The van der Waals surface area contributed by atoms with E-state index in [0.29, 0.717) is 48.9 Å². The minimum atomic E-state index is -0.866. The third-order valence-electron chi connectivity index (χ3n) is 6.74. The quantitative estimate of drug-likeness (QED) is 0.741. The molecule has 2 aliphatic heterocycles. The lowest BCUT2D eigenvalue weighted by Crippen LogP contribution is -2.43. The molecule has 0 unspecified atom stereocenters. The number of anilines is 2. The van der Waals surface area contributed by atoms with Gasteiger partial charge in [0, 0.05) is 24.5 Å². The van der Waals surface area contributed by atoms with Crippen LogP contribution in [0.15, 0.2) is 12.1 Å². The highest BCUT2D eigenvalue weighted by Crippen LogP contribution is 2.46. The molecule has 0 aromatic heterocycles. The third-order valence-corrected chi connectivity index (χ3v) is 6.74. The van der Waals surface area contributed by atoms with E-state index in [2.05, 4.69) is 17.6 Å². The molecule has 1 aliphatic carbocycles. The number of hydrogen-bond acceptors (Lipinski definition) is 4. The first kappa shape index (κ1) is 19.3. The predicted molar refractivity (Wildman–Crippen MR) is 104 cm³/mol. The highest BCUT2D eigenvalue weighted by molar-refractivity contribution is 6.07. The Balaban J connectivity index is 1.51. The predicted octanol–water partition coefficient (Wildman–Crippen LogP) is 2.92. The van der Waals surface area contributed by atoms with Gasteiger partial charge >= 0.3 is 0 Å². The van der Waals surface area contributed by atoms with Crippen LogP contribution in [0.4, 0.5) is 15.8 Å². The first-order valence-electron chi connectivity index (χ1n) is 10.2. The van der Waals surface area contributed by atoms with Crippen molar-refractivity contribution >= 4 is 23.2 Å². The Morgan fingerprint density at radius 1 is 1.29 bits per heavy atom. The Hall–Kier alpha value is -1.99. The topological polar surface area (TPSA) is 93.5 Å². The van der Waals surface area contributed by atoms with Gasteiger partial charge in [0.15, 0.2) is 0 Å². The Morgan fingerprint density at radius 3 is 2.64 bits per heavy atom. The van der Waals surface area contributed by atoms with Gasteiger partial charge < -0.3 is 21.1 Å². The van der Waals surface area contributed by atoms with E-state index in [-0.39, 0.29) is 17.7 Å². The van der Waals surface area contributed by atoms with Gasteiger partial charge in [-0.15, -0.1) is 0 Å². The first-order valence-corrected chi connectivity index (χ1v) is 10.2. The van der Waals surface area contributed by atoms with E-state index in [1.54, 1.807) is 6.07 Å². The fourth-order valence-corrected chi connectivity index (χ4v) is 4.90. The number of carbonyl (C=O) groups is 2. The summed E-state index contributed by atoms with van der Waals surface area (Å²) in [5.41, 5.74) is 6.46. The summed E-state index contributed by atoms with van der Waals surface area (Å²) in [6.45, 7) is 3.08. The number of rotatable bonds is 3. The molecule has 1 aromatic rings. The largest absolute Gasteiger partial charge is 0.381 e. The van der Waals surface area contributed by atoms with Crippen LogP contribution < -0.4 is 16.4 Å². The number of ether oxygens (including phenoxy) is 1. The van der Waals surface area contributed by atoms with Crippen molar-refractivity contribution in [1.29, 1.82) is 0 Å². The summed E-state index contributed by atoms with van der Waals surface area (Å²) in [6.07, 6.45) is 4.96. The molecule has 1 atom stereocenters. The van der Waals surface area contributed by atoms with E-state index < -0.39 is 17.3 Å². The Morgan fingerprint density at radius 2 is 1.96 bits per heavy atom. The monoisotopic (exact) mass is 389 g/mol. The lowest BCUT2D eigenvalue weighted by Gasteiger charge is -2.31. The molecule has 1 aromatic carbocycles. The lowest BCUT2D eigenvalue weighted by atomic mass is 9.75. The molecule has 2 amide bonds. The Bertz CT molecular complexity index is 783. The smallest absolute Gasteiger partial charge is 0.241 e. The van der Waals surface area contributed by atoms with E-state index in [1.807, 2.05) is 0 Å². The molecule has 2 fully saturated rings. The SMILES string of the molecule is CC1CCC([C@H](N)C(=O)Nc2cc(F)c3c(c2)NC(=O)C32CCOCC2)CC1. The molecule has 0 radical (unpaired) electrons. The lowest BCUT2D eigenvalue weighted by molar-refractivity contribution is -0.124. The molecule has 1 spiro atoms. The maximum atomic E-state index is 15.0. The first-order chi connectivity index (χ1) is 13.4. The van der Waals surface area contributed by atoms with Crippen LogP contribution in [0.2, 0.25) is 0 Å². The van der Waals surface area contributed by atoms with Crippen molar-refractivity contribution < 1.29 is 18.7 Å². The molecule has 4 rings (SSSR count). The molecule has 6 nitrogen and oxygen atoms in total. The van der Waals surface area contributed by atoms with Crippen molar-refractivity contribution in [3.8, 4) is 0 Å². The van der Waals surface area contributed by atoms with Gasteiger partial charge in [0.25, 0.3) is 0 Å². The summed E-state index contributed by atoms with van der Waals surface area (Å²) in [4.78, 5) is 25.2. The zero-order valence-electron chi connectivity index (χ0n) is 16.2. The number of hydrogen-bond donors (Lipinski definition) is 3. The molecular formula is C21H28FN3O3. The van der Waals surface area contributed by atoms with Crippen LogP contribution in [0.5, 0.6) is 0 Å². The summed E-state index contributed by atoms with van der Waals surface area (Å²) in [6, 6.07) is 2.32. The molecule has 152 valence electrons. The van der Waals surface area contributed by atoms with Crippen molar-refractivity contribution in [2.45, 2.75) is 56.9 Å². The molecule has 2 heterocycles. The minimum absolute atomic E-state index is 0.153. The zero-order chi connectivity index (χ0) is 19.9. The van der Waals surface area contributed by atoms with Crippen molar-refractivity contribution in [2.75, 3.05) is 23.8 Å². The highest BCUT2D eigenvalue weighted by atomic mass is 19.1. The van der Waals surface area contributed by atoms with E-state index in [0.717, 1.165) is 25.7 Å². The molecule has 1 saturated heterocycles. The van der Waals surface area contributed by atoms with E-state index in [1.165, 1.54) is 6.07 Å². The van der Waals surface area contributed by atoms with Gasteiger partial charge in [-0.25, -0.2) is 4.39 Å². The molecule has 3 aliphatic rings. The van der Waals surface area contributed by atoms with Gasteiger partial charge in [-0.1, -0.05) is 19.8 Å².